The van der Waals surface area contributed by atoms with Crippen LogP contribution in [0.4, 0.5) is 13.2 Å². The Labute approximate surface area is 153 Å². The predicted octanol–water partition coefficient (Wildman–Crippen LogP) is 6.26. The molecule has 8 heteroatoms. The smallest absolute Gasteiger partial charge is 0.485 e. The van der Waals surface area contributed by atoms with E-state index < -0.39 is 22.9 Å². The number of halogens is 3. The van der Waals surface area contributed by atoms with Crippen LogP contribution < -0.4 is 0 Å². The van der Waals surface area contributed by atoms with Gasteiger partial charge in [0.2, 0.25) is 0 Å². The van der Waals surface area contributed by atoms with Crippen molar-refractivity contribution in [3.05, 3.63) is 0 Å². The average Bonchev–Trinajstić information content (AvgIpc) is 2.52. The minimum absolute atomic E-state index is 0.562. The van der Waals surface area contributed by atoms with Crippen molar-refractivity contribution >= 4 is 17.4 Å². The zero-order valence-electron chi connectivity index (χ0n) is 16.2. The van der Waals surface area contributed by atoms with Crippen LogP contribution in [-0.2, 0) is 10.1 Å². The summed E-state index contributed by atoms with van der Waals surface area (Å²) in [5.74, 6) is 0. The summed E-state index contributed by atoms with van der Waals surface area (Å²) in [6.45, 7) is 9.42. The highest BCUT2D eigenvalue weighted by atomic mass is 32.2. The van der Waals surface area contributed by atoms with E-state index in [0.717, 1.165) is 0 Å². The zero-order chi connectivity index (χ0) is 20.0. The monoisotopic (exact) mass is 408 g/mol. The molecule has 0 saturated carbocycles. The molecule has 0 heterocycles. The molecule has 0 bridgehead atoms. The van der Waals surface area contributed by atoms with E-state index in [9.17, 15) is 13.2 Å². The predicted molar refractivity (Wildman–Crippen MR) is 102 cm³/mol. The molecule has 0 spiro atoms. The average molecular weight is 409 g/mol. The molecule has 0 radical (unpaired) electrons. The second-order valence-electron chi connectivity index (χ2n) is 6.55. The molecule has 25 heavy (non-hydrogen) atoms. The second kappa shape index (κ2) is 14.2. The Kier molecular flexibility index (Phi) is 15.6. The molecule has 0 unspecified atom stereocenters. The number of unbranched alkanes of at least 4 members (excludes halogenated alkanes) is 4. The third kappa shape index (κ3) is 13.9. The van der Waals surface area contributed by atoms with Crippen molar-refractivity contribution in [3.8, 4) is 0 Å². The lowest BCUT2D eigenvalue weighted by Crippen LogP contribution is -2.21. The Bertz CT molecular complexity index is 374. The first-order valence-corrected chi connectivity index (χ1v) is 13.3. The van der Waals surface area contributed by atoms with Crippen molar-refractivity contribution in [2.24, 2.45) is 0 Å². The molecular weight excluding hydrogens is 372 g/mol. The first-order chi connectivity index (χ1) is 11.5. The summed E-state index contributed by atoms with van der Waals surface area (Å²) in [4.78, 5) is 0. The van der Waals surface area contributed by atoms with Crippen molar-refractivity contribution in [2.75, 3.05) is 24.6 Å². The fourth-order valence-electron chi connectivity index (χ4n) is 2.64. The van der Waals surface area contributed by atoms with Gasteiger partial charge in [-0.2, -0.15) is 13.2 Å². The molecule has 0 amide bonds. The number of hydrogen-bond donors (Lipinski definition) is 0. The molecule has 0 saturated heterocycles. The number of rotatable bonds is 12. The van der Waals surface area contributed by atoms with E-state index in [-0.39, 0.29) is 0 Å². The van der Waals surface area contributed by atoms with Crippen LogP contribution in [0.15, 0.2) is 0 Å². The molecule has 154 valence electrons. The van der Waals surface area contributed by atoms with Gasteiger partial charge < -0.3 is 4.55 Å². The SMILES string of the molecule is CCCC[P+](CCCC)(CCCC)CCCC.O=S(=O)([O-])C(F)(F)F. The van der Waals surface area contributed by atoms with Gasteiger partial charge in [0, 0.05) is 7.26 Å². The van der Waals surface area contributed by atoms with Gasteiger partial charge in [-0.25, -0.2) is 8.42 Å². The third-order valence-corrected chi connectivity index (χ3v) is 9.85. The van der Waals surface area contributed by atoms with Crippen LogP contribution in [0.1, 0.15) is 79.1 Å². The van der Waals surface area contributed by atoms with Crippen molar-refractivity contribution in [1.29, 1.82) is 0 Å². The van der Waals surface area contributed by atoms with Crippen molar-refractivity contribution in [1.82, 2.24) is 0 Å². The lowest BCUT2D eigenvalue weighted by atomic mass is 10.4. The van der Waals surface area contributed by atoms with Gasteiger partial charge in [-0.3, -0.25) is 0 Å². The fraction of sp³-hybridized carbons (Fsp3) is 1.00. The van der Waals surface area contributed by atoms with Crippen LogP contribution >= 0.6 is 7.26 Å². The van der Waals surface area contributed by atoms with E-state index in [1.807, 2.05) is 0 Å². The number of alkyl halides is 3. The van der Waals surface area contributed by atoms with Crippen LogP contribution in [0, 0.1) is 0 Å². The summed E-state index contributed by atoms with van der Waals surface area (Å²) >= 11 is 0. The fourth-order valence-corrected chi connectivity index (χ4v) is 7.93. The van der Waals surface area contributed by atoms with Gasteiger partial charge in [0.05, 0.1) is 24.6 Å². The molecule has 0 fully saturated rings. The highest BCUT2D eigenvalue weighted by Crippen LogP contribution is 2.61. The van der Waals surface area contributed by atoms with E-state index in [1.54, 1.807) is 24.6 Å². The molecule has 0 atom stereocenters. The Balaban J connectivity index is 0. The summed E-state index contributed by atoms with van der Waals surface area (Å²) in [5.41, 5.74) is -5.65. The van der Waals surface area contributed by atoms with E-state index in [0.29, 0.717) is 0 Å². The van der Waals surface area contributed by atoms with Gasteiger partial charge in [0.1, 0.15) is 0 Å². The zero-order valence-corrected chi connectivity index (χ0v) is 17.9. The van der Waals surface area contributed by atoms with Crippen LogP contribution in [-0.4, -0.2) is 43.1 Å². The molecule has 0 aromatic heterocycles. The normalized spacial score (nSPS) is 12.6. The quantitative estimate of drug-likeness (QED) is 0.218. The summed E-state index contributed by atoms with van der Waals surface area (Å²) < 4.78 is 58.9. The van der Waals surface area contributed by atoms with Crippen LogP contribution in [0.3, 0.4) is 0 Å². The summed E-state index contributed by atoms with van der Waals surface area (Å²) in [5, 5.41) is 0. The molecule has 0 N–H and O–H groups in total. The van der Waals surface area contributed by atoms with Gasteiger partial charge in [0.15, 0.2) is 10.1 Å². The summed E-state index contributed by atoms with van der Waals surface area (Å²) in [6.07, 6.45) is 17.9. The van der Waals surface area contributed by atoms with Crippen LogP contribution in [0.2, 0.25) is 0 Å². The lowest BCUT2D eigenvalue weighted by molar-refractivity contribution is -0.0517. The molecule has 0 aliphatic rings. The first-order valence-electron chi connectivity index (χ1n) is 9.36. The van der Waals surface area contributed by atoms with Crippen LogP contribution in [0.5, 0.6) is 0 Å². The Morgan fingerprint density at radius 1 is 0.720 bits per heavy atom. The Hall–Kier alpha value is 0.130. The summed E-state index contributed by atoms with van der Waals surface area (Å²) in [6, 6.07) is 0. The molecule has 0 aliphatic heterocycles. The van der Waals surface area contributed by atoms with Gasteiger partial charge in [-0.05, 0) is 25.7 Å². The second-order valence-corrected chi connectivity index (χ2v) is 12.4. The third-order valence-electron chi connectivity index (χ3n) is 4.23. The minimum atomic E-state index is -6.09. The standard InChI is InChI=1S/C16H36P.CHF3O3S/c1-5-9-13-17(14-10-6-2,15-11-7-3)16-12-8-4;2-1(3,4)8(5,6)7/h5-16H2,1-4H3;(H,5,6,7)/q+1;/p-1. The van der Waals surface area contributed by atoms with E-state index in [1.165, 1.54) is 51.4 Å². The maximum Gasteiger partial charge on any atom is 0.485 e. The minimum Gasteiger partial charge on any atom is -0.741 e. The molecule has 0 rings (SSSR count). The summed E-state index contributed by atoms with van der Waals surface area (Å²) in [7, 11) is -6.65. The maximum atomic E-state index is 10.7. The van der Waals surface area contributed by atoms with E-state index in [4.69, 9.17) is 13.0 Å². The first kappa shape index (κ1) is 27.3. The highest BCUT2D eigenvalue weighted by molar-refractivity contribution is 7.86. The van der Waals surface area contributed by atoms with E-state index >= 15 is 0 Å². The highest BCUT2D eigenvalue weighted by Gasteiger charge is 2.37. The molecule has 0 aromatic rings. The van der Waals surface area contributed by atoms with Gasteiger partial charge in [0.25, 0.3) is 0 Å². The Morgan fingerprint density at radius 3 is 1.04 bits per heavy atom. The van der Waals surface area contributed by atoms with Crippen LogP contribution in [0.25, 0.3) is 0 Å². The lowest BCUT2D eigenvalue weighted by Gasteiger charge is -2.28. The van der Waals surface area contributed by atoms with E-state index in [2.05, 4.69) is 27.7 Å². The molecule has 0 aliphatic carbocycles. The topological polar surface area (TPSA) is 57.2 Å². The van der Waals surface area contributed by atoms with Crippen molar-refractivity contribution in [3.63, 3.8) is 0 Å². The molecule has 3 nitrogen and oxygen atoms in total. The number of hydrogen-bond acceptors (Lipinski definition) is 3. The molecule has 0 aromatic carbocycles. The molecular formula is C17H36F3O3PS. The van der Waals surface area contributed by atoms with Gasteiger partial charge >= 0.3 is 5.51 Å². The maximum absolute atomic E-state index is 10.7. The van der Waals surface area contributed by atoms with Crippen molar-refractivity contribution < 1.29 is 26.1 Å². The van der Waals surface area contributed by atoms with Crippen molar-refractivity contribution in [2.45, 2.75) is 84.6 Å². The van der Waals surface area contributed by atoms with Gasteiger partial charge in [-0.15, -0.1) is 0 Å². The van der Waals surface area contributed by atoms with Gasteiger partial charge in [-0.1, -0.05) is 53.4 Å². The Morgan fingerprint density at radius 2 is 0.920 bits per heavy atom. The largest absolute Gasteiger partial charge is 0.741 e.